The molecule has 2 N–H and O–H groups in total. The van der Waals surface area contributed by atoms with E-state index in [1.165, 1.54) is 0 Å². The maximum absolute atomic E-state index is 6.29. The van der Waals surface area contributed by atoms with Crippen LogP contribution in [-0.4, -0.2) is 34.5 Å². The fourth-order valence-electron chi connectivity index (χ4n) is 2.40. The Labute approximate surface area is 130 Å². The molecule has 3 aromatic rings. The Morgan fingerprint density at radius 2 is 2.14 bits per heavy atom. The van der Waals surface area contributed by atoms with Crippen LogP contribution in [0.25, 0.3) is 22.0 Å². The van der Waals surface area contributed by atoms with Gasteiger partial charge in [0.2, 0.25) is 0 Å². The largest absolute Gasteiger partial charge is 0.485 e. The van der Waals surface area contributed by atoms with E-state index < -0.39 is 0 Å². The van der Waals surface area contributed by atoms with Crippen LogP contribution in [0.4, 0.5) is 0 Å². The summed E-state index contributed by atoms with van der Waals surface area (Å²) < 4.78 is 11.1. The summed E-state index contributed by atoms with van der Waals surface area (Å²) in [7, 11) is 0. The molecule has 1 aliphatic heterocycles. The number of hydrogen-bond acceptors (Lipinski definition) is 3. The molecule has 0 spiro atoms. The molecule has 7 heteroatoms. The first-order chi connectivity index (χ1) is 10.2. The molecule has 0 saturated carbocycles. The highest BCUT2D eigenvalue weighted by Gasteiger charge is 2.24. The molecule has 0 amide bonds. The van der Waals surface area contributed by atoms with Crippen molar-refractivity contribution in [1.82, 2.24) is 15.2 Å². The Bertz CT molecular complexity index is 794. The second kappa shape index (κ2) is 4.94. The summed E-state index contributed by atoms with van der Waals surface area (Å²) in [5.41, 5.74) is 2.68. The highest BCUT2D eigenvalue weighted by atomic mass is 35.5. The first kappa shape index (κ1) is 13.0. The predicted octanol–water partition coefficient (Wildman–Crippen LogP) is 3.64. The second-order valence-electron chi connectivity index (χ2n) is 4.89. The molecule has 1 aliphatic rings. The minimum absolute atomic E-state index is 0.0533. The van der Waals surface area contributed by atoms with E-state index in [4.69, 9.17) is 32.7 Å². The topological polar surface area (TPSA) is 62.9 Å². The van der Waals surface area contributed by atoms with Crippen molar-refractivity contribution < 1.29 is 9.47 Å². The Hall–Kier alpha value is -1.69. The highest BCUT2D eigenvalue weighted by Crippen LogP contribution is 2.42. The summed E-state index contributed by atoms with van der Waals surface area (Å²) in [6, 6.07) is 1.75. The molecule has 1 fully saturated rings. The molecule has 5 nitrogen and oxygen atoms in total. The van der Waals surface area contributed by atoms with Crippen molar-refractivity contribution >= 4 is 34.1 Å². The van der Waals surface area contributed by atoms with Crippen molar-refractivity contribution in [2.24, 2.45) is 0 Å². The SMILES string of the molecule is Clc1cc(OC2COC2)c2c(-c3cn[nH]c3)c[nH]c2c1Cl. The fraction of sp³-hybridized carbons (Fsp3) is 0.214. The van der Waals surface area contributed by atoms with Crippen LogP contribution in [0.5, 0.6) is 5.75 Å². The molecule has 1 saturated heterocycles. The van der Waals surface area contributed by atoms with E-state index in [2.05, 4.69) is 15.2 Å². The average molecular weight is 324 g/mol. The summed E-state index contributed by atoms with van der Waals surface area (Å²) in [4.78, 5) is 3.17. The number of halogens is 2. The van der Waals surface area contributed by atoms with Gasteiger partial charge in [0.15, 0.2) is 0 Å². The maximum atomic E-state index is 6.29. The number of hydrogen-bond donors (Lipinski definition) is 2. The summed E-state index contributed by atoms with van der Waals surface area (Å²) in [6.07, 6.45) is 5.50. The zero-order valence-electron chi connectivity index (χ0n) is 10.8. The highest BCUT2D eigenvalue weighted by molar-refractivity contribution is 6.45. The van der Waals surface area contributed by atoms with Gasteiger partial charge in [0, 0.05) is 29.6 Å². The summed E-state index contributed by atoms with van der Waals surface area (Å²) in [6.45, 7) is 1.18. The Kier molecular flexibility index (Phi) is 3.06. The lowest BCUT2D eigenvalue weighted by Gasteiger charge is -2.27. The minimum Gasteiger partial charge on any atom is -0.485 e. The van der Waals surface area contributed by atoms with Crippen LogP contribution in [0.2, 0.25) is 10.0 Å². The fourth-order valence-corrected chi connectivity index (χ4v) is 2.80. The molecule has 3 heterocycles. The van der Waals surface area contributed by atoms with E-state index in [-0.39, 0.29) is 6.10 Å². The van der Waals surface area contributed by atoms with Crippen LogP contribution in [0.3, 0.4) is 0 Å². The number of nitrogens with one attached hydrogen (secondary N) is 2. The van der Waals surface area contributed by atoms with Crippen molar-refractivity contribution in [3.63, 3.8) is 0 Å². The third-order valence-electron chi connectivity index (χ3n) is 3.52. The number of benzene rings is 1. The molecule has 0 atom stereocenters. The number of aromatic amines is 2. The number of ether oxygens (including phenoxy) is 2. The van der Waals surface area contributed by atoms with Crippen molar-refractivity contribution in [3.05, 3.63) is 34.7 Å². The van der Waals surface area contributed by atoms with Crippen LogP contribution >= 0.6 is 23.2 Å². The molecule has 4 rings (SSSR count). The van der Waals surface area contributed by atoms with Crippen LogP contribution in [-0.2, 0) is 4.74 Å². The first-order valence-electron chi connectivity index (χ1n) is 6.46. The van der Waals surface area contributed by atoms with Gasteiger partial charge in [-0.3, -0.25) is 5.10 Å². The van der Waals surface area contributed by atoms with E-state index >= 15 is 0 Å². The van der Waals surface area contributed by atoms with Gasteiger partial charge in [0.25, 0.3) is 0 Å². The van der Waals surface area contributed by atoms with E-state index in [0.29, 0.717) is 29.0 Å². The van der Waals surface area contributed by atoms with Crippen LogP contribution in [0.15, 0.2) is 24.7 Å². The lowest BCUT2D eigenvalue weighted by molar-refractivity contribution is -0.0790. The second-order valence-corrected chi connectivity index (χ2v) is 5.67. The van der Waals surface area contributed by atoms with E-state index in [1.54, 1.807) is 12.3 Å². The third-order valence-corrected chi connectivity index (χ3v) is 4.31. The molecular formula is C14H11Cl2N3O2. The lowest BCUT2D eigenvalue weighted by Crippen LogP contribution is -2.38. The van der Waals surface area contributed by atoms with Gasteiger partial charge in [-0.05, 0) is 0 Å². The monoisotopic (exact) mass is 323 g/mol. The summed E-state index contributed by atoms with van der Waals surface area (Å²) in [5, 5.41) is 8.64. The Morgan fingerprint density at radius 1 is 1.29 bits per heavy atom. The van der Waals surface area contributed by atoms with Gasteiger partial charge >= 0.3 is 0 Å². The molecule has 0 aliphatic carbocycles. The number of fused-ring (bicyclic) bond motifs is 1. The first-order valence-corrected chi connectivity index (χ1v) is 7.22. The summed E-state index contributed by atoms with van der Waals surface area (Å²) >= 11 is 12.5. The molecule has 21 heavy (non-hydrogen) atoms. The van der Waals surface area contributed by atoms with Gasteiger partial charge in [-0.15, -0.1) is 0 Å². The number of rotatable bonds is 3. The van der Waals surface area contributed by atoms with Crippen LogP contribution in [0, 0.1) is 0 Å². The Morgan fingerprint density at radius 3 is 2.81 bits per heavy atom. The normalized spacial score (nSPS) is 15.3. The standard InChI is InChI=1S/C14H11Cl2N3O2/c15-10-1-11(21-8-5-20-6-8)12-9(7-2-18-19-3-7)4-17-14(12)13(10)16/h1-4,8,17H,5-6H2,(H,18,19). The quantitative estimate of drug-likeness (QED) is 0.773. The molecule has 108 valence electrons. The minimum atomic E-state index is 0.0533. The van der Waals surface area contributed by atoms with Gasteiger partial charge in [-0.1, -0.05) is 23.2 Å². The third kappa shape index (κ3) is 2.09. The van der Waals surface area contributed by atoms with Crippen molar-refractivity contribution in [2.75, 3.05) is 13.2 Å². The number of nitrogens with zero attached hydrogens (tertiary/aromatic N) is 1. The van der Waals surface area contributed by atoms with Crippen molar-refractivity contribution in [2.45, 2.75) is 6.10 Å². The number of aromatic nitrogens is 3. The smallest absolute Gasteiger partial charge is 0.145 e. The van der Waals surface area contributed by atoms with Gasteiger partial charge in [0.05, 0.1) is 40.4 Å². The molecule has 0 unspecified atom stereocenters. The van der Waals surface area contributed by atoms with Gasteiger partial charge in [0.1, 0.15) is 11.9 Å². The van der Waals surface area contributed by atoms with Gasteiger partial charge in [-0.2, -0.15) is 5.10 Å². The maximum Gasteiger partial charge on any atom is 0.145 e. The number of H-pyrrole nitrogens is 2. The van der Waals surface area contributed by atoms with Crippen molar-refractivity contribution in [1.29, 1.82) is 0 Å². The van der Waals surface area contributed by atoms with Crippen LogP contribution < -0.4 is 4.74 Å². The predicted molar refractivity (Wildman–Crippen MR) is 81.1 cm³/mol. The van der Waals surface area contributed by atoms with Gasteiger partial charge in [-0.25, -0.2) is 0 Å². The van der Waals surface area contributed by atoms with Gasteiger partial charge < -0.3 is 14.5 Å². The average Bonchev–Trinajstić information content (AvgIpc) is 3.06. The molecule has 2 aromatic heterocycles. The Balaban J connectivity index is 1.93. The van der Waals surface area contributed by atoms with Crippen LogP contribution in [0.1, 0.15) is 0 Å². The van der Waals surface area contributed by atoms with E-state index in [0.717, 1.165) is 22.0 Å². The van der Waals surface area contributed by atoms with Crippen molar-refractivity contribution in [3.8, 4) is 16.9 Å². The molecule has 0 bridgehead atoms. The summed E-state index contributed by atoms with van der Waals surface area (Å²) in [5.74, 6) is 0.699. The van der Waals surface area contributed by atoms with E-state index in [9.17, 15) is 0 Å². The molecule has 0 radical (unpaired) electrons. The van der Waals surface area contributed by atoms with E-state index in [1.807, 2.05) is 12.4 Å². The molecule has 1 aromatic carbocycles. The zero-order valence-corrected chi connectivity index (χ0v) is 12.3. The zero-order chi connectivity index (χ0) is 14.4. The lowest BCUT2D eigenvalue weighted by atomic mass is 10.1. The molecular weight excluding hydrogens is 313 g/mol.